The molecule has 1 atom stereocenters. The highest BCUT2D eigenvalue weighted by atomic mass is 19.4. The first-order chi connectivity index (χ1) is 7.96. The molecule has 2 nitrogen and oxygen atoms in total. The summed E-state index contributed by atoms with van der Waals surface area (Å²) in [4.78, 5) is 11.4. The van der Waals surface area contributed by atoms with E-state index in [2.05, 4.69) is 4.74 Å². The van der Waals surface area contributed by atoms with Crippen molar-refractivity contribution in [3.05, 3.63) is 42.0 Å². The van der Waals surface area contributed by atoms with Gasteiger partial charge in [-0.05, 0) is 11.6 Å². The lowest BCUT2D eigenvalue weighted by atomic mass is 10.1. The van der Waals surface area contributed by atoms with E-state index in [0.717, 1.165) is 0 Å². The number of carbonyl (C=O) groups excluding carboxylic acids is 1. The molecule has 0 bridgehead atoms. The maximum atomic E-state index is 12.1. The molecular formula is C12H9F3O2. The largest absolute Gasteiger partial charge is 0.454 e. The molecule has 0 saturated carbocycles. The lowest BCUT2D eigenvalue weighted by Crippen LogP contribution is -2.19. The molecule has 1 aliphatic heterocycles. The summed E-state index contributed by atoms with van der Waals surface area (Å²) in [5.74, 6) is -0.703. The molecule has 1 heterocycles. The molecule has 17 heavy (non-hydrogen) atoms. The number of cyclic esters (lactones) is 1. The van der Waals surface area contributed by atoms with Crippen LogP contribution in [0.5, 0.6) is 0 Å². The Labute approximate surface area is 95.7 Å². The molecule has 90 valence electrons. The van der Waals surface area contributed by atoms with Crippen LogP contribution in [0.15, 0.2) is 36.4 Å². The Hall–Kier alpha value is -1.78. The van der Waals surface area contributed by atoms with Crippen molar-refractivity contribution in [1.29, 1.82) is 0 Å². The van der Waals surface area contributed by atoms with Gasteiger partial charge in [0.25, 0.3) is 0 Å². The van der Waals surface area contributed by atoms with Gasteiger partial charge in [0, 0.05) is 0 Å². The van der Waals surface area contributed by atoms with Crippen LogP contribution in [-0.4, -0.2) is 18.2 Å². The smallest absolute Gasteiger partial charge is 0.392 e. The molecule has 0 aromatic heterocycles. The minimum atomic E-state index is -4.34. The van der Waals surface area contributed by atoms with Gasteiger partial charge in [0.2, 0.25) is 0 Å². The molecule has 0 amide bonds. The summed E-state index contributed by atoms with van der Waals surface area (Å²) in [7, 11) is 0. The number of rotatable bonds is 2. The van der Waals surface area contributed by atoms with Gasteiger partial charge in [-0.1, -0.05) is 30.3 Å². The topological polar surface area (TPSA) is 26.3 Å². The molecule has 0 radical (unpaired) electrons. The van der Waals surface area contributed by atoms with Crippen molar-refractivity contribution in [2.45, 2.75) is 18.7 Å². The van der Waals surface area contributed by atoms with Crippen molar-refractivity contribution in [2.24, 2.45) is 0 Å². The second-order valence-electron chi connectivity index (χ2n) is 3.71. The molecular weight excluding hydrogens is 233 g/mol. The van der Waals surface area contributed by atoms with E-state index < -0.39 is 24.7 Å². The first-order valence-corrected chi connectivity index (χ1v) is 5.01. The van der Waals surface area contributed by atoms with Crippen molar-refractivity contribution < 1.29 is 22.7 Å². The molecule has 5 heteroatoms. The zero-order valence-corrected chi connectivity index (χ0v) is 8.70. The van der Waals surface area contributed by atoms with Crippen LogP contribution < -0.4 is 0 Å². The molecule has 0 aliphatic carbocycles. The second kappa shape index (κ2) is 4.24. The van der Waals surface area contributed by atoms with Crippen LogP contribution in [0, 0.1) is 0 Å². The van der Waals surface area contributed by atoms with Crippen LogP contribution in [0.1, 0.15) is 12.0 Å². The Morgan fingerprint density at radius 2 is 1.82 bits per heavy atom. The van der Waals surface area contributed by atoms with E-state index >= 15 is 0 Å². The van der Waals surface area contributed by atoms with Crippen molar-refractivity contribution >= 4 is 11.5 Å². The Balaban J connectivity index is 2.19. The Bertz CT molecular complexity index is 449. The zero-order valence-electron chi connectivity index (χ0n) is 8.70. The molecule has 0 saturated heterocycles. The Morgan fingerprint density at radius 3 is 2.41 bits per heavy atom. The van der Waals surface area contributed by atoms with Crippen LogP contribution in [0.3, 0.4) is 0 Å². The van der Waals surface area contributed by atoms with E-state index in [1.54, 1.807) is 30.3 Å². The number of benzene rings is 1. The fourth-order valence-electron chi connectivity index (χ4n) is 1.65. The van der Waals surface area contributed by atoms with Gasteiger partial charge in [-0.15, -0.1) is 0 Å². The van der Waals surface area contributed by atoms with Gasteiger partial charge < -0.3 is 4.74 Å². The molecule has 0 fully saturated rings. The van der Waals surface area contributed by atoms with E-state index in [0.29, 0.717) is 5.56 Å². The van der Waals surface area contributed by atoms with Crippen molar-refractivity contribution in [3.8, 4) is 0 Å². The monoisotopic (exact) mass is 242 g/mol. The van der Waals surface area contributed by atoms with Gasteiger partial charge in [0.1, 0.15) is 6.10 Å². The predicted octanol–water partition coefficient (Wildman–Crippen LogP) is 2.95. The minimum Gasteiger partial charge on any atom is -0.454 e. The van der Waals surface area contributed by atoms with E-state index in [1.165, 1.54) is 6.08 Å². The predicted molar refractivity (Wildman–Crippen MR) is 55.0 cm³/mol. The molecule has 0 N–H and O–H groups in total. The zero-order chi connectivity index (χ0) is 12.5. The highest BCUT2D eigenvalue weighted by molar-refractivity contribution is 6.18. The molecule has 1 aromatic rings. The van der Waals surface area contributed by atoms with E-state index in [9.17, 15) is 18.0 Å². The molecule has 1 aliphatic rings. The summed E-state index contributed by atoms with van der Waals surface area (Å²) in [5.41, 5.74) is 0.766. The lowest BCUT2D eigenvalue weighted by Gasteiger charge is -2.10. The third-order valence-corrected chi connectivity index (χ3v) is 2.35. The van der Waals surface area contributed by atoms with Gasteiger partial charge in [-0.3, -0.25) is 0 Å². The van der Waals surface area contributed by atoms with Gasteiger partial charge in [-0.2, -0.15) is 13.2 Å². The summed E-state index contributed by atoms with van der Waals surface area (Å²) in [6, 6.07) is 8.49. The summed E-state index contributed by atoms with van der Waals surface area (Å²) < 4.78 is 41.1. The van der Waals surface area contributed by atoms with Gasteiger partial charge in [0.05, 0.1) is 12.0 Å². The number of hydrogen-bond acceptors (Lipinski definition) is 2. The number of alkyl halides is 3. The third-order valence-electron chi connectivity index (χ3n) is 2.35. The van der Waals surface area contributed by atoms with Crippen molar-refractivity contribution in [1.82, 2.24) is 0 Å². The Morgan fingerprint density at radius 1 is 1.18 bits per heavy atom. The third kappa shape index (κ3) is 2.87. The van der Waals surface area contributed by atoms with Crippen LogP contribution in [-0.2, 0) is 9.53 Å². The SMILES string of the molecule is O=C1OC(CC(F)(F)F)C=C1c1ccccc1. The van der Waals surface area contributed by atoms with Gasteiger partial charge >= 0.3 is 12.1 Å². The van der Waals surface area contributed by atoms with Crippen molar-refractivity contribution in [2.75, 3.05) is 0 Å². The van der Waals surface area contributed by atoms with Crippen LogP contribution >= 0.6 is 0 Å². The van der Waals surface area contributed by atoms with Gasteiger partial charge in [0.15, 0.2) is 0 Å². The Kier molecular flexibility index (Phi) is 2.92. The van der Waals surface area contributed by atoms with Crippen LogP contribution in [0.25, 0.3) is 5.57 Å². The quantitative estimate of drug-likeness (QED) is 0.745. The van der Waals surface area contributed by atoms with Crippen LogP contribution in [0.4, 0.5) is 13.2 Å². The molecule has 0 spiro atoms. The van der Waals surface area contributed by atoms with E-state index in [-0.39, 0.29) is 5.57 Å². The summed E-state index contributed by atoms with van der Waals surface area (Å²) in [6.07, 6.45) is -5.47. The number of hydrogen-bond donors (Lipinski definition) is 0. The van der Waals surface area contributed by atoms with Crippen molar-refractivity contribution in [3.63, 3.8) is 0 Å². The first-order valence-electron chi connectivity index (χ1n) is 5.01. The van der Waals surface area contributed by atoms with E-state index in [4.69, 9.17) is 0 Å². The average Bonchev–Trinajstić information content (AvgIpc) is 2.58. The first kappa shape index (κ1) is 11.7. The number of carbonyl (C=O) groups is 1. The summed E-state index contributed by atoms with van der Waals surface area (Å²) in [6.45, 7) is 0. The van der Waals surface area contributed by atoms with E-state index in [1.807, 2.05) is 0 Å². The molecule has 1 aromatic carbocycles. The van der Waals surface area contributed by atoms with Crippen LogP contribution in [0.2, 0.25) is 0 Å². The van der Waals surface area contributed by atoms with Gasteiger partial charge in [-0.25, -0.2) is 4.79 Å². The highest BCUT2D eigenvalue weighted by Gasteiger charge is 2.37. The summed E-state index contributed by atoms with van der Waals surface area (Å²) >= 11 is 0. The normalized spacial score (nSPS) is 20.1. The summed E-state index contributed by atoms with van der Waals surface area (Å²) in [5, 5.41) is 0. The lowest BCUT2D eigenvalue weighted by molar-refractivity contribution is -0.160. The fraction of sp³-hybridized carbons (Fsp3) is 0.250. The second-order valence-corrected chi connectivity index (χ2v) is 3.71. The number of ether oxygens (including phenoxy) is 1. The average molecular weight is 242 g/mol. The standard InChI is InChI=1S/C12H9F3O2/c13-12(14,15)7-9-6-10(11(16)17-9)8-4-2-1-3-5-8/h1-6,9H,7H2. The number of halogens is 3. The maximum absolute atomic E-state index is 12.1. The fourth-order valence-corrected chi connectivity index (χ4v) is 1.65. The molecule has 1 unspecified atom stereocenters. The highest BCUT2D eigenvalue weighted by Crippen LogP contribution is 2.30. The number of esters is 1. The minimum absolute atomic E-state index is 0.194. The maximum Gasteiger partial charge on any atom is 0.392 e. The molecule has 2 rings (SSSR count).